The molecule has 1 aromatic heterocycles. The van der Waals surface area contributed by atoms with E-state index in [1.165, 1.54) is 0 Å². The van der Waals surface area contributed by atoms with E-state index in [1.807, 2.05) is 47.0 Å². The maximum atomic E-state index is 5.21. The number of hydrogen-bond acceptors (Lipinski definition) is 2. The van der Waals surface area contributed by atoms with Crippen LogP contribution in [0.2, 0.25) is 0 Å². The Morgan fingerprint density at radius 2 is 1.84 bits per heavy atom. The van der Waals surface area contributed by atoms with Gasteiger partial charge >= 0.3 is 0 Å². The number of nitrogens with two attached hydrogens (primary N) is 2. The van der Waals surface area contributed by atoms with Gasteiger partial charge in [0.1, 0.15) is 0 Å². The van der Waals surface area contributed by atoms with Gasteiger partial charge in [0.15, 0.2) is 0 Å². The topological polar surface area (TPSA) is 81.7 Å². The molecular formula is C14H15N5. The highest BCUT2D eigenvalue weighted by atomic mass is 15.3. The van der Waals surface area contributed by atoms with Crippen molar-refractivity contribution in [3.8, 4) is 11.3 Å². The van der Waals surface area contributed by atoms with Crippen LogP contribution in [0, 0.1) is 0 Å². The van der Waals surface area contributed by atoms with E-state index in [-0.39, 0.29) is 5.96 Å². The molecule has 19 heavy (non-hydrogen) atoms. The molecule has 4 N–H and O–H groups in total. The fourth-order valence-electron chi connectivity index (χ4n) is 1.77. The first-order chi connectivity index (χ1) is 9.22. The minimum Gasteiger partial charge on any atom is -0.369 e. The largest absolute Gasteiger partial charge is 0.369 e. The van der Waals surface area contributed by atoms with Gasteiger partial charge in [0, 0.05) is 6.20 Å². The normalized spacial score (nSPS) is 10.5. The minimum atomic E-state index is -0.0729. The highest BCUT2D eigenvalue weighted by Gasteiger charge is 2.05. The Labute approximate surface area is 111 Å². The Morgan fingerprint density at radius 3 is 2.47 bits per heavy atom. The zero-order chi connectivity index (χ0) is 13.7. The van der Waals surface area contributed by atoms with Gasteiger partial charge in [-0.15, -0.1) is 5.10 Å². The van der Waals surface area contributed by atoms with Crippen LogP contribution in [-0.4, -0.2) is 16.7 Å². The lowest BCUT2D eigenvalue weighted by atomic mass is 10.1. The molecule has 5 heteroatoms. The zero-order valence-electron chi connectivity index (χ0n) is 10.4. The minimum absolute atomic E-state index is 0.0729. The van der Waals surface area contributed by atoms with E-state index < -0.39 is 0 Å². The third-order valence-electron chi connectivity index (χ3n) is 2.57. The predicted octanol–water partition coefficient (Wildman–Crippen LogP) is 1.86. The first-order valence-corrected chi connectivity index (χ1v) is 5.73. The second kappa shape index (κ2) is 5.68. The molecule has 0 amide bonds. The van der Waals surface area contributed by atoms with Crippen LogP contribution in [0.25, 0.3) is 17.5 Å². The fraction of sp³-hybridized carbons (Fsp3) is 0. The van der Waals surface area contributed by atoms with Crippen LogP contribution < -0.4 is 11.5 Å². The summed E-state index contributed by atoms with van der Waals surface area (Å²) >= 11 is 0. The summed E-state index contributed by atoms with van der Waals surface area (Å²) in [4.78, 5) is 0. The summed E-state index contributed by atoms with van der Waals surface area (Å²) < 4.78 is 1.92. The Bertz CT molecular complexity index is 619. The van der Waals surface area contributed by atoms with Crippen LogP contribution in [0.4, 0.5) is 0 Å². The summed E-state index contributed by atoms with van der Waals surface area (Å²) in [6, 6.07) is 13.9. The molecule has 1 heterocycles. The van der Waals surface area contributed by atoms with Crippen molar-refractivity contribution in [3.05, 3.63) is 54.7 Å². The van der Waals surface area contributed by atoms with Crippen molar-refractivity contribution in [2.45, 2.75) is 0 Å². The Kier molecular flexibility index (Phi) is 3.78. The summed E-state index contributed by atoms with van der Waals surface area (Å²) in [6.07, 6.45) is 3.30. The Balaban J connectivity index is 2.39. The van der Waals surface area contributed by atoms with Crippen molar-refractivity contribution in [2.24, 2.45) is 21.7 Å². The molecule has 0 radical (unpaired) electrons. The molecule has 96 valence electrons. The van der Waals surface area contributed by atoms with Gasteiger partial charge in [-0.05, 0) is 17.7 Å². The lowest BCUT2D eigenvalue weighted by Crippen LogP contribution is -2.21. The number of benzene rings is 1. The number of rotatable bonds is 4. The highest BCUT2D eigenvalue weighted by molar-refractivity contribution is 5.83. The van der Waals surface area contributed by atoms with Crippen LogP contribution in [0.15, 0.2) is 59.2 Å². The second-order valence-corrected chi connectivity index (χ2v) is 3.83. The van der Waals surface area contributed by atoms with Gasteiger partial charge in [-0.25, -0.2) is 0 Å². The number of guanidine groups is 1. The van der Waals surface area contributed by atoms with Crippen LogP contribution >= 0.6 is 0 Å². The monoisotopic (exact) mass is 253 g/mol. The van der Waals surface area contributed by atoms with Crippen LogP contribution in [0.1, 0.15) is 5.69 Å². The van der Waals surface area contributed by atoms with Crippen molar-refractivity contribution in [3.63, 3.8) is 0 Å². The van der Waals surface area contributed by atoms with Gasteiger partial charge in [0.25, 0.3) is 0 Å². The van der Waals surface area contributed by atoms with Gasteiger partial charge in [-0.3, -0.25) is 0 Å². The Morgan fingerprint density at radius 1 is 1.11 bits per heavy atom. The molecule has 0 atom stereocenters. The summed E-state index contributed by atoms with van der Waals surface area (Å²) in [5.41, 5.74) is 13.4. The van der Waals surface area contributed by atoms with Gasteiger partial charge in [-0.1, -0.05) is 36.9 Å². The fourth-order valence-corrected chi connectivity index (χ4v) is 1.77. The molecule has 2 aromatic rings. The zero-order valence-corrected chi connectivity index (χ0v) is 10.4. The molecule has 1 aromatic carbocycles. The molecule has 2 rings (SSSR count). The molecule has 5 nitrogen and oxygen atoms in total. The van der Waals surface area contributed by atoms with E-state index in [0.717, 1.165) is 17.0 Å². The number of aromatic nitrogens is 1. The first kappa shape index (κ1) is 12.6. The molecule has 0 fully saturated rings. The standard InChI is InChI=1S/C14H15N5/c1-2-19-12(10-17-18-14(15)16)8-9-13(19)11-6-4-3-5-7-11/h2-10H,1H2,(H4,15,16,18)/b17-10-. The molecule has 0 unspecified atom stereocenters. The average molecular weight is 253 g/mol. The van der Waals surface area contributed by atoms with E-state index in [4.69, 9.17) is 11.5 Å². The van der Waals surface area contributed by atoms with E-state index in [2.05, 4.69) is 16.8 Å². The molecule has 0 bridgehead atoms. The third-order valence-corrected chi connectivity index (χ3v) is 2.57. The lowest BCUT2D eigenvalue weighted by Gasteiger charge is -2.05. The van der Waals surface area contributed by atoms with Crippen molar-refractivity contribution in [1.82, 2.24) is 4.57 Å². The molecular weight excluding hydrogens is 238 g/mol. The quantitative estimate of drug-likeness (QED) is 0.495. The first-order valence-electron chi connectivity index (χ1n) is 5.73. The van der Waals surface area contributed by atoms with Crippen molar-refractivity contribution < 1.29 is 0 Å². The van der Waals surface area contributed by atoms with E-state index in [0.29, 0.717) is 0 Å². The highest BCUT2D eigenvalue weighted by Crippen LogP contribution is 2.21. The summed E-state index contributed by atoms with van der Waals surface area (Å²) in [7, 11) is 0. The SMILES string of the molecule is C=Cn1c(/C=N\N=C(N)N)ccc1-c1ccccc1. The van der Waals surface area contributed by atoms with E-state index in [1.54, 1.807) is 12.4 Å². The lowest BCUT2D eigenvalue weighted by molar-refractivity contribution is 1.15. The maximum Gasteiger partial charge on any atom is 0.211 e. The van der Waals surface area contributed by atoms with Gasteiger partial charge in [0.2, 0.25) is 5.96 Å². The number of nitrogens with zero attached hydrogens (tertiary/aromatic N) is 3. The predicted molar refractivity (Wildman–Crippen MR) is 79.7 cm³/mol. The maximum absolute atomic E-state index is 5.21. The third kappa shape index (κ3) is 2.90. The van der Waals surface area contributed by atoms with Gasteiger partial charge in [-0.2, -0.15) is 5.10 Å². The van der Waals surface area contributed by atoms with Gasteiger partial charge in [0.05, 0.1) is 17.6 Å². The van der Waals surface area contributed by atoms with Crippen LogP contribution in [0.5, 0.6) is 0 Å². The second-order valence-electron chi connectivity index (χ2n) is 3.83. The summed E-state index contributed by atoms with van der Waals surface area (Å²) in [6.45, 7) is 3.81. The smallest absolute Gasteiger partial charge is 0.211 e. The van der Waals surface area contributed by atoms with Crippen LogP contribution in [0.3, 0.4) is 0 Å². The molecule has 0 saturated heterocycles. The molecule has 0 spiro atoms. The van der Waals surface area contributed by atoms with Crippen molar-refractivity contribution >= 4 is 18.4 Å². The van der Waals surface area contributed by atoms with E-state index >= 15 is 0 Å². The van der Waals surface area contributed by atoms with Gasteiger partial charge < -0.3 is 16.0 Å². The molecule has 0 aliphatic heterocycles. The summed E-state index contributed by atoms with van der Waals surface area (Å²) in [5.74, 6) is -0.0729. The number of hydrogen-bond donors (Lipinski definition) is 2. The van der Waals surface area contributed by atoms with Crippen molar-refractivity contribution in [2.75, 3.05) is 0 Å². The van der Waals surface area contributed by atoms with E-state index in [9.17, 15) is 0 Å². The summed E-state index contributed by atoms with van der Waals surface area (Å²) in [5, 5.41) is 7.37. The van der Waals surface area contributed by atoms with Crippen molar-refractivity contribution in [1.29, 1.82) is 0 Å². The molecule has 0 aliphatic rings. The average Bonchev–Trinajstić information content (AvgIpc) is 2.82. The molecule has 0 saturated carbocycles. The van der Waals surface area contributed by atoms with Crippen LogP contribution in [-0.2, 0) is 0 Å². The molecule has 0 aliphatic carbocycles. The Hall–Kier alpha value is -2.82.